The van der Waals surface area contributed by atoms with Crippen LogP contribution in [0, 0.1) is 0 Å². The number of rotatable bonds is 4. The number of sulfonamides is 2. The van der Waals surface area contributed by atoms with Crippen molar-refractivity contribution in [1.82, 2.24) is 14.3 Å². The van der Waals surface area contributed by atoms with Crippen LogP contribution >= 0.6 is 22.9 Å². The first-order valence-electron chi connectivity index (χ1n) is 10.5. The molecule has 5 rings (SSSR count). The molecule has 0 atom stereocenters. The molecule has 0 unspecified atom stereocenters. The van der Waals surface area contributed by atoms with Gasteiger partial charge in [0.25, 0.3) is 25.6 Å². The number of nitrogens with zero attached hydrogens (tertiary/aromatic N) is 2. The highest BCUT2D eigenvalue weighted by Gasteiger charge is 2.25. The van der Waals surface area contributed by atoms with Gasteiger partial charge in [0.15, 0.2) is 0 Å². The van der Waals surface area contributed by atoms with Gasteiger partial charge in [0.2, 0.25) is 0 Å². The average Bonchev–Trinajstić information content (AvgIpc) is 3.26. The molecule has 17 heteroatoms. The predicted octanol–water partition coefficient (Wildman–Crippen LogP) is 2.44. The van der Waals surface area contributed by atoms with Gasteiger partial charge in [0, 0.05) is 5.69 Å². The van der Waals surface area contributed by atoms with Gasteiger partial charge >= 0.3 is 11.7 Å². The Hall–Kier alpha value is -3.99. The number of aromatic nitrogens is 2. The lowest BCUT2D eigenvalue weighted by Crippen LogP contribution is -2.34. The first-order valence-corrected chi connectivity index (χ1v) is 14.6. The highest BCUT2D eigenvalue weighted by molar-refractivity contribution is 7.92. The quantitative estimate of drug-likeness (QED) is 0.277. The summed E-state index contributed by atoms with van der Waals surface area (Å²) in [5, 5.41) is 5.07. The van der Waals surface area contributed by atoms with Crippen molar-refractivity contribution in [3.8, 4) is 5.69 Å². The number of halogens is 1. The molecule has 0 saturated carbocycles. The molecule has 3 heterocycles. The number of benzene rings is 2. The second-order valence-electron chi connectivity index (χ2n) is 7.91. The second kappa shape index (κ2) is 9.09. The number of amidine groups is 1. The van der Waals surface area contributed by atoms with Crippen LogP contribution in [0.5, 0.6) is 0 Å². The Morgan fingerprint density at radius 2 is 1.82 bits per heavy atom. The van der Waals surface area contributed by atoms with Crippen LogP contribution in [0.25, 0.3) is 16.6 Å². The maximum absolute atomic E-state index is 13.2. The zero-order valence-electron chi connectivity index (χ0n) is 19.0. The summed E-state index contributed by atoms with van der Waals surface area (Å²) in [7, 11) is -8.18. The molecule has 1 aliphatic rings. The number of nitrogens with one attached hydrogen (secondary N) is 4. The van der Waals surface area contributed by atoms with Crippen LogP contribution in [0.1, 0.15) is 6.92 Å². The topological polar surface area (TPSA) is 189 Å². The van der Waals surface area contributed by atoms with Gasteiger partial charge in [-0.15, -0.1) is 15.7 Å². The van der Waals surface area contributed by atoms with Gasteiger partial charge in [0.1, 0.15) is 14.9 Å². The number of hydrogen-bond donors (Lipinski definition) is 4. The predicted molar refractivity (Wildman–Crippen MR) is 143 cm³/mol. The van der Waals surface area contributed by atoms with Crippen LogP contribution in [0.3, 0.4) is 0 Å². The minimum atomic E-state index is -4.13. The van der Waals surface area contributed by atoms with Gasteiger partial charge in [-0.1, -0.05) is 11.6 Å². The van der Waals surface area contributed by atoms with E-state index in [4.69, 9.17) is 11.6 Å². The van der Waals surface area contributed by atoms with Crippen LogP contribution < -0.4 is 26.6 Å². The summed E-state index contributed by atoms with van der Waals surface area (Å²) in [6.45, 7) is 1.46. The molecule has 0 saturated heterocycles. The smallest absolute Gasteiger partial charge is 0.333 e. The van der Waals surface area contributed by atoms with Gasteiger partial charge < -0.3 is 15.6 Å². The number of carbonyl (C=O) groups is 1. The number of aromatic amines is 1. The molecule has 2 amide bonds. The largest absolute Gasteiger partial charge is 0.342 e. The molecule has 0 spiro atoms. The van der Waals surface area contributed by atoms with E-state index in [1.807, 2.05) is 4.72 Å². The van der Waals surface area contributed by atoms with Gasteiger partial charge in [-0.25, -0.2) is 27.3 Å². The third-order valence-electron chi connectivity index (χ3n) is 5.27. The molecule has 2 aromatic heterocycles. The van der Waals surface area contributed by atoms with E-state index in [1.165, 1.54) is 49.4 Å². The summed E-state index contributed by atoms with van der Waals surface area (Å²) in [5.41, 5.74) is -1.00. The molecular weight excluding hydrogens is 580 g/mol. The highest BCUT2D eigenvalue weighted by Crippen LogP contribution is 2.30. The van der Waals surface area contributed by atoms with Crippen LogP contribution in [0.2, 0.25) is 4.34 Å². The number of fused-ring (bicyclic) bond motifs is 2. The summed E-state index contributed by atoms with van der Waals surface area (Å²) in [6.07, 6.45) is 0. The fourth-order valence-electron chi connectivity index (χ4n) is 3.70. The van der Waals surface area contributed by atoms with E-state index in [1.54, 1.807) is 0 Å². The van der Waals surface area contributed by atoms with E-state index in [2.05, 4.69) is 20.0 Å². The third-order valence-corrected chi connectivity index (χ3v) is 9.73. The Kier molecular flexibility index (Phi) is 6.13. The average molecular weight is 595 g/mol. The van der Waals surface area contributed by atoms with E-state index in [0.29, 0.717) is 0 Å². The molecule has 38 heavy (non-hydrogen) atoms. The van der Waals surface area contributed by atoms with Crippen molar-refractivity contribution in [3.63, 3.8) is 0 Å². The fraction of sp³-hybridized carbons (Fsp3) is 0.0476. The lowest BCUT2D eigenvalue weighted by molar-refractivity contribution is 0.256. The number of carbonyl (C=O) groups excluding carboxylic acids is 1. The zero-order valence-corrected chi connectivity index (χ0v) is 22.2. The lowest BCUT2D eigenvalue weighted by Gasteiger charge is -2.17. The number of hydrogen-bond acceptors (Lipinski definition) is 9. The maximum Gasteiger partial charge on any atom is 0.333 e. The van der Waals surface area contributed by atoms with Crippen LogP contribution in [0.4, 0.5) is 16.2 Å². The van der Waals surface area contributed by atoms with E-state index >= 15 is 0 Å². The first-order chi connectivity index (χ1) is 17.8. The Morgan fingerprint density at radius 3 is 2.47 bits per heavy atom. The molecule has 4 N–H and O–H groups in total. The number of urea groups is 1. The molecular formula is C21H15ClN6O7S3. The number of thiophene rings is 1. The third kappa shape index (κ3) is 4.69. The molecule has 13 nitrogen and oxygen atoms in total. The number of amides is 2. The minimum Gasteiger partial charge on any atom is -0.342 e. The summed E-state index contributed by atoms with van der Waals surface area (Å²) in [4.78, 5) is 40.5. The molecule has 4 aromatic rings. The van der Waals surface area contributed by atoms with E-state index < -0.39 is 37.3 Å². The summed E-state index contributed by atoms with van der Waals surface area (Å²) in [5.74, 6) is 0.142. The van der Waals surface area contributed by atoms with Crippen molar-refractivity contribution in [1.29, 1.82) is 0 Å². The lowest BCUT2D eigenvalue weighted by atomic mass is 10.2. The van der Waals surface area contributed by atoms with Crippen molar-refractivity contribution in [2.75, 3.05) is 10.6 Å². The minimum absolute atomic E-state index is 0.0658. The zero-order chi connectivity index (χ0) is 27.4. The monoisotopic (exact) mass is 594 g/mol. The van der Waals surface area contributed by atoms with Crippen molar-refractivity contribution < 1.29 is 21.6 Å². The van der Waals surface area contributed by atoms with Crippen molar-refractivity contribution in [3.05, 3.63) is 73.7 Å². The van der Waals surface area contributed by atoms with E-state index in [9.17, 15) is 31.2 Å². The molecule has 196 valence electrons. The molecule has 2 aromatic carbocycles. The molecule has 0 aliphatic carbocycles. The van der Waals surface area contributed by atoms with Crippen molar-refractivity contribution in [2.45, 2.75) is 16.0 Å². The number of anilines is 2. The van der Waals surface area contributed by atoms with Crippen LogP contribution in [-0.2, 0) is 20.0 Å². The fourth-order valence-corrected chi connectivity index (χ4v) is 7.25. The normalized spacial score (nSPS) is 14.3. The number of H-pyrrole nitrogens is 1. The second-order valence-corrected chi connectivity index (χ2v) is 13.1. The summed E-state index contributed by atoms with van der Waals surface area (Å²) in [6, 6.07) is 9.46. The van der Waals surface area contributed by atoms with E-state index in [0.717, 1.165) is 22.0 Å². The highest BCUT2D eigenvalue weighted by atomic mass is 35.5. The van der Waals surface area contributed by atoms with Gasteiger partial charge in [-0.3, -0.25) is 4.79 Å². The summed E-state index contributed by atoms with van der Waals surface area (Å²) >= 11 is 6.52. The Bertz CT molecular complexity index is 2010. The molecule has 0 fully saturated rings. The first kappa shape index (κ1) is 25.7. The molecule has 0 bridgehead atoms. The van der Waals surface area contributed by atoms with Gasteiger partial charge in [-0.2, -0.15) is 8.42 Å². The maximum atomic E-state index is 13.2. The Morgan fingerprint density at radius 1 is 1.11 bits per heavy atom. The summed E-state index contributed by atoms with van der Waals surface area (Å²) < 4.78 is 55.8. The standard InChI is InChI=1S/C21H15ClN6O7S3/c1-10-23-15-9-14-13(8-16(15)37(32,33)26-10)19(29)28(21(31)25-14)12-4-2-11(3-5-12)24-20(30)27-38(34,35)18-7-6-17(22)36-18/h2-9H,1H3,(H,23,26)(H,25,31)(H2,24,27,30). The SMILES string of the molecule is CC1=NS(=O)(=O)c2cc3c(=O)n(-c4ccc(NC(=O)NS(=O)(=O)c5ccc(Cl)s5)cc4)c(=O)[nH]c3cc2N1. The van der Waals surface area contributed by atoms with E-state index in [-0.39, 0.29) is 47.2 Å². The van der Waals surface area contributed by atoms with Crippen LogP contribution in [0.15, 0.2) is 71.6 Å². The van der Waals surface area contributed by atoms with Crippen LogP contribution in [-0.4, -0.2) is 38.3 Å². The molecule has 1 aliphatic heterocycles. The van der Waals surface area contributed by atoms with Gasteiger partial charge in [-0.05, 0) is 55.5 Å². The van der Waals surface area contributed by atoms with Crippen molar-refractivity contribution in [2.24, 2.45) is 4.40 Å². The van der Waals surface area contributed by atoms with Gasteiger partial charge in [0.05, 0.1) is 26.6 Å². The molecule has 0 radical (unpaired) electrons. The Balaban J connectivity index is 1.44. The Labute approximate surface area is 222 Å². The van der Waals surface area contributed by atoms with Crippen molar-refractivity contribution >= 4 is 77.1 Å².